The summed E-state index contributed by atoms with van der Waals surface area (Å²) in [6.45, 7) is 1.77. The number of rotatable bonds is 6. The van der Waals surface area contributed by atoms with Crippen LogP contribution in [-0.2, 0) is 4.79 Å². The highest BCUT2D eigenvalue weighted by Crippen LogP contribution is 2.41. The van der Waals surface area contributed by atoms with Gasteiger partial charge in [-0.3, -0.25) is 14.7 Å². The van der Waals surface area contributed by atoms with Crippen LogP contribution in [0.25, 0.3) is 5.69 Å². The Hall–Kier alpha value is -2.35. The van der Waals surface area contributed by atoms with Gasteiger partial charge in [0.2, 0.25) is 5.91 Å². The molecule has 1 aromatic heterocycles. The largest absolute Gasteiger partial charge is 0.335 e. The summed E-state index contributed by atoms with van der Waals surface area (Å²) in [6, 6.07) is 9.71. The molecule has 1 aromatic carbocycles. The van der Waals surface area contributed by atoms with Crippen molar-refractivity contribution in [1.82, 2.24) is 25.4 Å². The van der Waals surface area contributed by atoms with Gasteiger partial charge in [0.15, 0.2) is 5.16 Å². The molecule has 2 fully saturated rings. The van der Waals surface area contributed by atoms with Crippen LogP contribution in [0.5, 0.6) is 0 Å². The topological polar surface area (TPSA) is 88.9 Å². The number of para-hydroxylation sites is 1. The van der Waals surface area contributed by atoms with Gasteiger partial charge in [0.25, 0.3) is 0 Å². The fourth-order valence-corrected chi connectivity index (χ4v) is 3.53. The van der Waals surface area contributed by atoms with Crippen LogP contribution in [-0.4, -0.2) is 38.0 Å². The Labute approximate surface area is 155 Å². The molecule has 0 spiro atoms. The van der Waals surface area contributed by atoms with E-state index < -0.39 is 11.3 Å². The van der Waals surface area contributed by atoms with E-state index in [1.807, 2.05) is 34.9 Å². The third-order valence-electron chi connectivity index (χ3n) is 4.42. The predicted octanol–water partition coefficient (Wildman–Crippen LogP) is 2.61. The summed E-state index contributed by atoms with van der Waals surface area (Å²) in [7, 11) is 0. The van der Waals surface area contributed by atoms with Crippen LogP contribution in [0.1, 0.15) is 44.3 Å². The number of thioether (sulfide) groups is 1. The van der Waals surface area contributed by atoms with E-state index in [9.17, 15) is 9.59 Å². The zero-order valence-corrected chi connectivity index (χ0v) is 15.3. The first-order chi connectivity index (χ1) is 12.6. The van der Waals surface area contributed by atoms with E-state index in [0.29, 0.717) is 11.1 Å². The number of amides is 3. The smallest absolute Gasteiger partial charge is 0.321 e. The van der Waals surface area contributed by atoms with Gasteiger partial charge < -0.3 is 5.32 Å². The SMILES string of the molecule is CC(Sc1nnc(C2CC2)n1-c1ccccc1)C(=O)NC(=O)NC1CC1. The van der Waals surface area contributed by atoms with Gasteiger partial charge in [0.05, 0.1) is 5.25 Å². The van der Waals surface area contributed by atoms with Gasteiger partial charge in [-0.15, -0.1) is 10.2 Å². The van der Waals surface area contributed by atoms with Crippen molar-refractivity contribution in [3.63, 3.8) is 0 Å². The van der Waals surface area contributed by atoms with Gasteiger partial charge in [-0.1, -0.05) is 30.0 Å². The van der Waals surface area contributed by atoms with Gasteiger partial charge in [0.1, 0.15) is 5.82 Å². The predicted molar refractivity (Wildman–Crippen MR) is 98.3 cm³/mol. The molecule has 3 amide bonds. The molecule has 2 aliphatic carbocycles. The van der Waals surface area contributed by atoms with E-state index in [4.69, 9.17) is 0 Å². The summed E-state index contributed by atoms with van der Waals surface area (Å²) in [4.78, 5) is 24.1. The van der Waals surface area contributed by atoms with E-state index in [1.165, 1.54) is 11.8 Å². The number of carbonyl (C=O) groups excluding carboxylic acids is 2. The van der Waals surface area contributed by atoms with Crippen molar-refractivity contribution in [2.24, 2.45) is 0 Å². The van der Waals surface area contributed by atoms with Gasteiger partial charge in [-0.05, 0) is 44.7 Å². The third-order valence-corrected chi connectivity index (χ3v) is 5.46. The molecule has 2 aromatic rings. The van der Waals surface area contributed by atoms with Gasteiger partial charge in [-0.2, -0.15) is 0 Å². The number of carbonyl (C=O) groups is 2. The van der Waals surface area contributed by atoms with E-state index in [0.717, 1.165) is 37.2 Å². The number of hydrogen-bond donors (Lipinski definition) is 2. The van der Waals surface area contributed by atoms with Crippen molar-refractivity contribution in [2.75, 3.05) is 0 Å². The fourth-order valence-electron chi connectivity index (χ4n) is 2.66. The van der Waals surface area contributed by atoms with Gasteiger partial charge in [0, 0.05) is 17.6 Å². The number of imide groups is 1. The second kappa shape index (κ2) is 7.11. The first-order valence-corrected chi connectivity index (χ1v) is 9.78. The molecule has 1 unspecified atom stereocenters. The third kappa shape index (κ3) is 3.90. The molecular weight excluding hydrogens is 350 g/mol. The van der Waals surface area contributed by atoms with Crippen LogP contribution >= 0.6 is 11.8 Å². The van der Waals surface area contributed by atoms with E-state index in [1.54, 1.807) is 6.92 Å². The second-order valence-corrected chi connectivity index (χ2v) is 8.09. The lowest BCUT2D eigenvalue weighted by Gasteiger charge is -2.13. The lowest BCUT2D eigenvalue weighted by molar-refractivity contribution is -0.119. The Balaban J connectivity index is 1.48. The minimum Gasteiger partial charge on any atom is -0.335 e. The van der Waals surface area contributed by atoms with Crippen molar-refractivity contribution in [3.05, 3.63) is 36.2 Å². The second-order valence-electron chi connectivity index (χ2n) is 6.78. The van der Waals surface area contributed by atoms with Crippen LogP contribution in [0.15, 0.2) is 35.5 Å². The molecule has 136 valence electrons. The maximum absolute atomic E-state index is 12.3. The number of nitrogens with zero attached hydrogens (tertiary/aromatic N) is 3. The summed E-state index contributed by atoms with van der Waals surface area (Å²) in [5, 5.41) is 14.0. The van der Waals surface area contributed by atoms with E-state index in [-0.39, 0.29) is 11.9 Å². The highest BCUT2D eigenvalue weighted by molar-refractivity contribution is 8.00. The van der Waals surface area contributed by atoms with Crippen LogP contribution in [0.2, 0.25) is 0 Å². The van der Waals surface area contributed by atoms with E-state index in [2.05, 4.69) is 20.8 Å². The van der Waals surface area contributed by atoms with Crippen molar-refractivity contribution in [2.45, 2.75) is 55.0 Å². The Morgan fingerprint density at radius 3 is 2.54 bits per heavy atom. The summed E-state index contributed by atoms with van der Waals surface area (Å²) in [6.07, 6.45) is 4.20. The van der Waals surface area contributed by atoms with Gasteiger partial charge >= 0.3 is 6.03 Å². The zero-order chi connectivity index (χ0) is 18.1. The van der Waals surface area contributed by atoms with Crippen LogP contribution in [0.3, 0.4) is 0 Å². The van der Waals surface area contributed by atoms with Crippen LogP contribution < -0.4 is 10.6 Å². The molecule has 4 rings (SSSR count). The van der Waals surface area contributed by atoms with Crippen molar-refractivity contribution in [3.8, 4) is 5.69 Å². The Morgan fingerprint density at radius 1 is 1.15 bits per heavy atom. The molecule has 8 heteroatoms. The Bertz CT molecular complexity index is 814. The fraction of sp³-hybridized carbons (Fsp3) is 0.444. The van der Waals surface area contributed by atoms with E-state index >= 15 is 0 Å². The molecule has 0 bridgehead atoms. The molecule has 0 aliphatic heterocycles. The first kappa shape index (κ1) is 17.1. The lowest BCUT2D eigenvalue weighted by Crippen LogP contribution is -2.43. The molecule has 2 aliphatic rings. The molecule has 26 heavy (non-hydrogen) atoms. The number of nitrogens with one attached hydrogen (secondary N) is 2. The maximum Gasteiger partial charge on any atom is 0.321 e. The summed E-state index contributed by atoms with van der Waals surface area (Å²) in [5.74, 6) is 1.05. The lowest BCUT2D eigenvalue weighted by atomic mass is 10.3. The average molecular weight is 371 g/mol. The number of aromatic nitrogens is 3. The average Bonchev–Trinajstić information content (AvgIpc) is 3.56. The Morgan fingerprint density at radius 2 is 1.88 bits per heavy atom. The molecule has 7 nitrogen and oxygen atoms in total. The molecule has 1 heterocycles. The maximum atomic E-state index is 12.3. The molecule has 2 N–H and O–H groups in total. The minimum atomic E-state index is -0.460. The van der Waals surface area contributed by atoms with Gasteiger partial charge in [-0.25, -0.2) is 4.79 Å². The summed E-state index contributed by atoms with van der Waals surface area (Å²) in [5.41, 5.74) is 0.987. The highest BCUT2D eigenvalue weighted by atomic mass is 32.2. The molecule has 2 saturated carbocycles. The van der Waals surface area contributed by atoms with Crippen molar-refractivity contribution >= 4 is 23.7 Å². The Kier molecular flexibility index (Phi) is 4.67. The van der Waals surface area contributed by atoms with Crippen molar-refractivity contribution in [1.29, 1.82) is 0 Å². The van der Waals surface area contributed by atoms with Crippen molar-refractivity contribution < 1.29 is 9.59 Å². The van der Waals surface area contributed by atoms with Crippen LogP contribution in [0, 0.1) is 0 Å². The molecular formula is C18H21N5O2S. The molecule has 1 atom stereocenters. The number of hydrogen-bond acceptors (Lipinski definition) is 5. The quantitative estimate of drug-likeness (QED) is 0.762. The summed E-state index contributed by atoms with van der Waals surface area (Å²) >= 11 is 1.31. The monoisotopic (exact) mass is 371 g/mol. The zero-order valence-electron chi connectivity index (χ0n) is 14.5. The minimum absolute atomic E-state index is 0.216. The number of benzene rings is 1. The summed E-state index contributed by atoms with van der Waals surface area (Å²) < 4.78 is 2.02. The molecule has 0 saturated heterocycles. The first-order valence-electron chi connectivity index (χ1n) is 8.90. The van der Waals surface area contributed by atoms with Crippen LogP contribution in [0.4, 0.5) is 4.79 Å². The standard InChI is InChI=1S/C18H21N5O2S/c1-11(16(24)20-17(25)19-13-9-10-13)26-18-22-21-15(12-7-8-12)23(18)14-5-3-2-4-6-14/h2-6,11-13H,7-10H2,1H3,(H2,19,20,24,25). The molecule has 0 radical (unpaired) electrons. The highest BCUT2D eigenvalue weighted by Gasteiger charge is 2.32. The number of urea groups is 1. The normalized spacial score (nSPS) is 17.6.